The summed E-state index contributed by atoms with van der Waals surface area (Å²) in [6.45, 7) is 5.62. The van der Waals surface area contributed by atoms with Gasteiger partial charge in [0.05, 0.1) is 18.9 Å². The van der Waals surface area contributed by atoms with Crippen molar-refractivity contribution in [2.24, 2.45) is 0 Å². The van der Waals surface area contributed by atoms with Crippen LogP contribution in [0.2, 0.25) is 0 Å². The molecule has 0 unspecified atom stereocenters. The second-order valence-corrected chi connectivity index (χ2v) is 6.86. The zero-order valence-electron chi connectivity index (χ0n) is 14.1. The van der Waals surface area contributed by atoms with E-state index in [9.17, 15) is 4.79 Å². The molecule has 0 bridgehead atoms. The smallest absolute Gasteiger partial charge is 0.340 e. The van der Waals surface area contributed by atoms with Crippen molar-refractivity contribution in [3.8, 4) is 0 Å². The molecule has 0 aliphatic carbocycles. The maximum atomic E-state index is 11.8. The molecule has 2 N–H and O–H groups in total. The molecular formula is C16H22N4O2S2. The Balaban J connectivity index is 1.83. The molecule has 0 aliphatic rings. The lowest BCUT2D eigenvalue weighted by atomic mass is 10.2. The van der Waals surface area contributed by atoms with E-state index in [1.807, 2.05) is 37.0 Å². The number of aromatic nitrogens is 2. The van der Waals surface area contributed by atoms with Gasteiger partial charge in [0.1, 0.15) is 5.00 Å². The van der Waals surface area contributed by atoms with Crippen molar-refractivity contribution in [2.45, 2.75) is 33.2 Å². The molecule has 2 aromatic rings. The highest BCUT2D eigenvalue weighted by Crippen LogP contribution is 2.29. The average Bonchev–Trinajstić information content (AvgIpc) is 3.17. The number of nitrogens with zero attached hydrogens (tertiary/aromatic N) is 2. The van der Waals surface area contributed by atoms with E-state index in [4.69, 9.17) is 17.0 Å². The molecule has 130 valence electrons. The van der Waals surface area contributed by atoms with E-state index in [-0.39, 0.29) is 5.97 Å². The van der Waals surface area contributed by atoms with Gasteiger partial charge in [0.2, 0.25) is 0 Å². The van der Waals surface area contributed by atoms with Crippen LogP contribution < -0.4 is 10.6 Å². The summed E-state index contributed by atoms with van der Waals surface area (Å²) in [4.78, 5) is 12.9. The van der Waals surface area contributed by atoms with Crippen LogP contribution >= 0.6 is 23.6 Å². The van der Waals surface area contributed by atoms with E-state index < -0.39 is 0 Å². The third-order valence-corrected chi connectivity index (χ3v) is 4.82. The fourth-order valence-electron chi connectivity index (χ4n) is 2.15. The predicted molar refractivity (Wildman–Crippen MR) is 101 cm³/mol. The molecule has 6 nitrogen and oxygen atoms in total. The van der Waals surface area contributed by atoms with Crippen LogP contribution in [-0.4, -0.2) is 34.5 Å². The lowest BCUT2D eigenvalue weighted by Crippen LogP contribution is -2.30. The monoisotopic (exact) mass is 366 g/mol. The molecule has 0 saturated heterocycles. The highest BCUT2D eigenvalue weighted by Gasteiger charge is 2.16. The molecule has 8 heteroatoms. The number of esters is 1. The predicted octanol–water partition coefficient (Wildman–Crippen LogP) is 2.98. The van der Waals surface area contributed by atoms with Crippen molar-refractivity contribution in [3.63, 3.8) is 0 Å². The first-order valence-corrected chi connectivity index (χ1v) is 9.01. The van der Waals surface area contributed by atoms with Crippen LogP contribution in [-0.2, 0) is 17.7 Å². The summed E-state index contributed by atoms with van der Waals surface area (Å²) in [5.41, 5.74) is 1.68. The minimum Gasteiger partial charge on any atom is -0.465 e. The van der Waals surface area contributed by atoms with Gasteiger partial charge in [-0.15, -0.1) is 11.3 Å². The Morgan fingerprint density at radius 1 is 1.50 bits per heavy atom. The highest BCUT2D eigenvalue weighted by atomic mass is 32.1. The Morgan fingerprint density at radius 2 is 2.29 bits per heavy atom. The van der Waals surface area contributed by atoms with Crippen LogP contribution in [0.1, 0.15) is 34.1 Å². The Morgan fingerprint density at radius 3 is 2.92 bits per heavy atom. The average molecular weight is 367 g/mol. The molecule has 0 radical (unpaired) electrons. The molecule has 0 spiro atoms. The first-order chi connectivity index (χ1) is 11.5. The second-order valence-electron chi connectivity index (χ2n) is 5.32. The number of thiophene rings is 1. The number of hydrogen-bond acceptors (Lipinski definition) is 5. The number of nitrogens with one attached hydrogen (secondary N) is 2. The van der Waals surface area contributed by atoms with Gasteiger partial charge in [-0.3, -0.25) is 4.68 Å². The molecule has 2 aromatic heterocycles. The summed E-state index contributed by atoms with van der Waals surface area (Å²) in [6.07, 6.45) is 5.62. The van der Waals surface area contributed by atoms with Gasteiger partial charge >= 0.3 is 5.97 Å². The second kappa shape index (κ2) is 8.79. The van der Waals surface area contributed by atoms with Crippen molar-refractivity contribution in [1.29, 1.82) is 0 Å². The first kappa shape index (κ1) is 18.4. The molecule has 2 rings (SSSR count). The summed E-state index contributed by atoms with van der Waals surface area (Å²) in [5, 5.41) is 11.7. The largest absolute Gasteiger partial charge is 0.465 e. The molecule has 24 heavy (non-hydrogen) atoms. The molecule has 0 aliphatic heterocycles. The summed E-state index contributed by atoms with van der Waals surface area (Å²) in [6, 6.07) is 1.85. The fourth-order valence-corrected chi connectivity index (χ4v) is 3.41. The van der Waals surface area contributed by atoms with Gasteiger partial charge < -0.3 is 15.4 Å². The number of anilines is 1. The lowest BCUT2D eigenvalue weighted by Gasteiger charge is -2.10. The zero-order valence-corrected chi connectivity index (χ0v) is 15.7. The Kier molecular flexibility index (Phi) is 6.74. The van der Waals surface area contributed by atoms with Gasteiger partial charge in [-0.05, 0) is 43.6 Å². The van der Waals surface area contributed by atoms with Crippen molar-refractivity contribution < 1.29 is 9.53 Å². The summed E-state index contributed by atoms with van der Waals surface area (Å²) >= 11 is 6.82. The van der Waals surface area contributed by atoms with Gasteiger partial charge in [0.15, 0.2) is 5.11 Å². The van der Waals surface area contributed by atoms with Crippen LogP contribution in [0.5, 0.6) is 0 Å². The Labute approximate surface area is 151 Å². The van der Waals surface area contributed by atoms with E-state index in [1.54, 1.807) is 0 Å². The lowest BCUT2D eigenvalue weighted by molar-refractivity contribution is 0.0602. The molecular weight excluding hydrogens is 344 g/mol. The number of carbonyl (C=O) groups excluding carboxylic acids is 1. The van der Waals surface area contributed by atoms with E-state index in [1.165, 1.54) is 18.4 Å². The third-order valence-electron chi connectivity index (χ3n) is 3.38. The zero-order chi connectivity index (χ0) is 17.5. The number of carbonyl (C=O) groups is 1. The number of ether oxygens (including phenoxy) is 1. The topological polar surface area (TPSA) is 68.2 Å². The van der Waals surface area contributed by atoms with Gasteiger partial charge in [0.25, 0.3) is 0 Å². The van der Waals surface area contributed by atoms with Crippen LogP contribution in [0.25, 0.3) is 0 Å². The maximum absolute atomic E-state index is 11.8. The van der Waals surface area contributed by atoms with Gasteiger partial charge in [-0.25, -0.2) is 4.79 Å². The van der Waals surface area contributed by atoms with Gasteiger partial charge in [-0.2, -0.15) is 5.10 Å². The first-order valence-electron chi connectivity index (χ1n) is 7.78. The molecule has 0 atom stereocenters. The molecule has 2 heterocycles. The summed E-state index contributed by atoms with van der Waals surface area (Å²) in [5.74, 6) is -0.356. The summed E-state index contributed by atoms with van der Waals surface area (Å²) in [7, 11) is 1.38. The number of methoxy groups -OCH3 is 1. The van der Waals surface area contributed by atoms with Gasteiger partial charge in [0, 0.05) is 24.2 Å². The Hall–Kier alpha value is -1.93. The molecule has 0 amide bonds. The number of aryl methyl sites for hydroxylation is 3. The van der Waals surface area contributed by atoms with Crippen molar-refractivity contribution in [1.82, 2.24) is 15.1 Å². The summed E-state index contributed by atoms with van der Waals surface area (Å²) < 4.78 is 6.73. The van der Waals surface area contributed by atoms with Crippen LogP contribution in [0.3, 0.4) is 0 Å². The minimum atomic E-state index is -0.356. The highest BCUT2D eigenvalue weighted by molar-refractivity contribution is 7.80. The molecule has 0 aromatic carbocycles. The normalized spacial score (nSPS) is 10.5. The number of thiocarbonyl (C=S) groups is 1. The van der Waals surface area contributed by atoms with Gasteiger partial charge in [-0.1, -0.05) is 6.92 Å². The van der Waals surface area contributed by atoms with Crippen LogP contribution in [0.4, 0.5) is 5.00 Å². The molecule has 0 fully saturated rings. The maximum Gasteiger partial charge on any atom is 0.340 e. The standard InChI is InChI=1S/C16H22N4O2S2/c1-4-12-8-13(15(21)22-3)14(24-12)19-16(23)17-6-5-7-20-10-11(2)9-18-20/h8-10H,4-7H2,1-3H3,(H2,17,19,23). The van der Waals surface area contributed by atoms with Crippen LogP contribution in [0, 0.1) is 6.92 Å². The van der Waals surface area contributed by atoms with E-state index in [0.29, 0.717) is 10.7 Å². The van der Waals surface area contributed by atoms with E-state index in [2.05, 4.69) is 15.7 Å². The SMILES string of the molecule is CCc1cc(C(=O)OC)c(NC(=S)NCCCn2cc(C)cn2)s1. The minimum absolute atomic E-state index is 0.356. The van der Waals surface area contributed by atoms with Crippen molar-refractivity contribution >= 4 is 39.6 Å². The van der Waals surface area contributed by atoms with E-state index >= 15 is 0 Å². The Bertz CT molecular complexity index is 709. The molecule has 0 saturated carbocycles. The van der Waals surface area contributed by atoms with Crippen molar-refractivity contribution in [3.05, 3.63) is 34.5 Å². The van der Waals surface area contributed by atoms with E-state index in [0.717, 1.165) is 41.4 Å². The van der Waals surface area contributed by atoms with Crippen molar-refractivity contribution in [2.75, 3.05) is 19.0 Å². The number of rotatable bonds is 7. The quantitative estimate of drug-likeness (QED) is 0.446. The number of hydrogen-bond donors (Lipinski definition) is 2. The van der Waals surface area contributed by atoms with Crippen LogP contribution in [0.15, 0.2) is 18.5 Å². The fraction of sp³-hybridized carbons (Fsp3) is 0.438. The third kappa shape index (κ3) is 5.04.